The number of likely N-dealkylation sites (tertiary alicyclic amines) is 1. The van der Waals surface area contributed by atoms with Crippen molar-refractivity contribution in [1.29, 1.82) is 0 Å². The topological polar surface area (TPSA) is 83.3 Å². The summed E-state index contributed by atoms with van der Waals surface area (Å²) < 4.78 is 5.46. The summed E-state index contributed by atoms with van der Waals surface area (Å²) in [5.41, 5.74) is 0.853. The van der Waals surface area contributed by atoms with Gasteiger partial charge in [-0.15, -0.1) is 0 Å². The maximum Gasteiger partial charge on any atom is 0.315 e. The molecule has 1 aromatic heterocycles. The third-order valence-corrected chi connectivity index (χ3v) is 4.38. The van der Waals surface area contributed by atoms with Gasteiger partial charge in [0.15, 0.2) is 0 Å². The van der Waals surface area contributed by atoms with Crippen molar-refractivity contribution in [2.24, 2.45) is 0 Å². The first-order valence-electron chi connectivity index (χ1n) is 8.29. The predicted molar refractivity (Wildman–Crippen MR) is 95.3 cm³/mol. The molecule has 3 rings (SSSR count). The molecule has 1 saturated heterocycles. The SMILES string of the molecule is CC(C)NC(=O)N[C@@H]1C[C@@H](c2nc(-c3ccc(Cl)cc3)no2)N(C)C1. The molecule has 2 aromatic rings. The predicted octanol–water partition coefficient (Wildman–Crippen LogP) is 2.84. The van der Waals surface area contributed by atoms with Gasteiger partial charge in [-0.25, -0.2) is 4.79 Å². The number of amides is 2. The highest BCUT2D eigenvalue weighted by molar-refractivity contribution is 6.30. The number of carbonyl (C=O) groups excluding carboxylic acids is 1. The van der Waals surface area contributed by atoms with Crippen LogP contribution < -0.4 is 10.6 Å². The number of hydrogen-bond donors (Lipinski definition) is 2. The molecule has 2 heterocycles. The van der Waals surface area contributed by atoms with Gasteiger partial charge in [0.25, 0.3) is 0 Å². The summed E-state index contributed by atoms with van der Waals surface area (Å²) in [6, 6.07) is 7.28. The Hall–Kier alpha value is -2.12. The van der Waals surface area contributed by atoms with Crippen LogP contribution in [0.3, 0.4) is 0 Å². The third-order valence-electron chi connectivity index (χ3n) is 4.13. The second-order valence-corrected chi connectivity index (χ2v) is 7.06. The lowest BCUT2D eigenvalue weighted by atomic mass is 10.1. The fourth-order valence-electron chi connectivity index (χ4n) is 2.97. The monoisotopic (exact) mass is 363 g/mol. The Morgan fingerprint density at radius 1 is 1.36 bits per heavy atom. The maximum atomic E-state index is 11.9. The number of halogens is 1. The smallest absolute Gasteiger partial charge is 0.315 e. The number of hydrogen-bond acceptors (Lipinski definition) is 5. The van der Waals surface area contributed by atoms with Crippen molar-refractivity contribution >= 4 is 17.6 Å². The first-order valence-corrected chi connectivity index (χ1v) is 8.67. The highest BCUT2D eigenvalue weighted by Gasteiger charge is 2.35. The molecule has 134 valence electrons. The fourth-order valence-corrected chi connectivity index (χ4v) is 3.09. The zero-order valence-electron chi connectivity index (χ0n) is 14.5. The molecule has 1 fully saturated rings. The van der Waals surface area contributed by atoms with Gasteiger partial charge in [0.05, 0.1) is 6.04 Å². The van der Waals surface area contributed by atoms with Crippen LogP contribution in [0.15, 0.2) is 28.8 Å². The van der Waals surface area contributed by atoms with Gasteiger partial charge in [-0.05, 0) is 51.6 Å². The highest BCUT2D eigenvalue weighted by atomic mass is 35.5. The lowest BCUT2D eigenvalue weighted by Crippen LogP contribution is -2.45. The third kappa shape index (κ3) is 4.29. The summed E-state index contributed by atoms with van der Waals surface area (Å²) in [6.07, 6.45) is 0.726. The fraction of sp³-hybridized carbons (Fsp3) is 0.471. The largest absolute Gasteiger partial charge is 0.337 e. The van der Waals surface area contributed by atoms with Gasteiger partial charge < -0.3 is 15.2 Å². The Morgan fingerprint density at radius 3 is 2.76 bits per heavy atom. The van der Waals surface area contributed by atoms with Crippen molar-refractivity contribution in [3.8, 4) is 11.4 Å². The number of nitrogens with one attached hydrogen (secondary N) is 2. The Morgan fingerprint density at radius 2 is 2.08 bits per heavy atom. The Bertz CT molecular complexity index is 731. The summed E-state index contributed by atoms with van der Waals surface area (Å²) in [4.78, 5) is 18.5. The standard InChI is InChI=1S/C17H22ClN5O2/c1-10(2)19-17(24)20-13-8-14(23(3)9-13)16-21-15(22-25-16)11-4-6-12(18)7-5-11/h4-7,10,13-14H,8-9H2,1-3H3,(H2,19,20,24)/t13-,14+/m1/s1. The van der Waals surface area contributed by atoms with Gasteiger partial charge in [-0.1, -0.05) is 16.8 Å². The second kappa shape index (κ2) is 7.41. The van der Waals surface area contributed by atoms with Gasteiger partial charge in [0.1, 0.15) is 0 Å². The highest BCUT2D eigenvalue weighted by Crippen LogP contribution is 2.31. The van der Waals surface area contributed by atoms with Gasteiger partial charge in [0, 0.05) is 29.2 Å². The lowest BCUT2D eigenvalue weighted by Gasteiger charge is -2.15. The molecule has 1 aromatic carbocycles. The van der Waals surface area contributed by atoms with E-state index in [1.54, 1.807) is 12.1 Å². The second-order valence-electron chi connectivity index (χ2n) is 6.62. The zero-order valence-corrected chi connectivity index (χ0v) is 15.2. The van der Waals surface area contributed by atoms with Crippen LogP contribution >= 0.6 is 11.6 Å². The van der Waals surface area contributed by atoms with Crippen molar-refractivity contribution in [1.82, 2.24) is 25.7 Å². The summed E-state index contributed by atoms with van der Waals surface area (Å²) >= 11 is 5.91. The van der Waals surface area contributed by atoms with Gasteiger partial charge in [0.2, 0.25) is 11.7 Å². The molecule has 1 aliphatic heterocycles. The quantitative estimate of drug-likeness (QED) is 0.872. The van der Waals surface area contributed by atoms with Crippen LogP contribution in [0.5, 0.6) is 0 Å². The van der Waals surface area contributed by atoms with Gasteiger partial charge in [-0.2, -0.15) is 4.98 Å². The molecule has 0 spiro atoms. The zero-order chi connectivity index (χ0) is 18.0. The number of nitrogens with zero attached hydrogens (tertiary/aromatic N) is 3. The van der Waals surface area contributed by atoms with E-state index in [1.165, 1.54) is 0 Å². The molecule has 2 amide bonds. The van der Waals surface area contributed by atoms with E-state index in [2.05, 4.69) is 25.7 Å². The Balaban J connectivity index is 1.66. The molecule has 0 saturated carbocycles. The van der Waals surface area contributed by atoms with E-state index in [9.17, 15) is 4.79 Å². The minimum atomic E-state index is -0.151. The van der Waals surface area contributed by atoms with E-state index in [0.29, 0.717) is 16.7 Å². The number of benzene rings is 1. The van der Waals surface area contributed by atoms with Crippen LogP contribution in [0.2, 0.25) is 5.02 Å². The molecule has 2 atom stereocenters. The molecule has 8 heteroatoms. The molecule has 7 nitrogen and oxygen atoms in total. The van der Waals surface area contributed by atoms with Crippen LogP contribution in [0.4, 0.5) is 4.79 Å². The average molecular weight is 364 g/mol. The number of aromatic nitrogens is 2. The Labute approximate surface area is 151 Å². The first-order chi connectivity index (χ1) is 11.9. The van der Waals surface area contributed by atoms with E-state index in [4.69, 9.17) is 16.1 Å². The van der Waals surface area contributed by atoms with Crippen molar-refractivity contribution in [2.75, 3.05) is 13.6 Å². The maximum absolute atomic E-state index is 11.9. The molecular weight excluding hydrogens is 342 g/mol. The number of carbonyl (C=O) groups is 1. The minimum Gasteiger partial charge on any atom is -0.337 e. The van der Waals surface area contributed by atoms with Crippen LogP contribution in [0.1, 0.15) is 32.2 Å². The average Bonchev–Trinajstić information content (AvgIpc) is 3.14. The van der Waals surface area contributed by atoms with E-state index in [-0.39, 0.29) is 24.2 Å². The number of likely N-dealkylation sites (N-methyl/N-ethyl adjacent to an activating group) is 1. The Kier molecular flexibility index (Phi) is 5.24. The molecule has 1 aliphatic rings. The van der Waals surface area contributed by atoms with E-state index in [0.717, 1.165) is 18.5 Å². The van der Waals surface area contributed by atoms with E-state index < -0.39 is 0 Å². The number of urea groups is 1. The van der Waals surface area contributed by atoms with Crippen LogP contribution in [0, 0.1) is 0 Å². The van der Waals surface area contributed by atoms with Crippen molar-refractivity contribution in [3.05, 3.63) is 35.2 Å². The molecule has 25 heavy (non-hydrogen) atoms. The first kappa shape index (κ1) is 17.7. The molecule has 0 bridgehead atoms. The summed E-state index contributed by atoms with van der Waals surface area (Å²) in [5.74, 6) is 1.09. The van der Waals surface area contributed by atoms with Crippen LogP contribution in [0.25, 0.3) is 11.4 Å². The molecule has 0 radical (unpaired) electrons. The van der Waals surface area contributed by atoms with Crippen molar-refractivity contribution in [2.45, 2.75) is 38.4 Å². The van der Waals surface area contributed by atoms with E-state index in [1.807, 2.05) is 33.0 Å². The number of rotatable bonds is 4. The molecule has 0 aliphatic carbocycles. The van der Waals surface area contributed by atoms with Crippen LogP contribution in [-0.4, -0.2) is 46.7 Å². The van der Waals surface area contributed by atoms with Gasteiger partial charge >= 0.3 is 6.03 Å². The van der Waals surface area contributed by atoms with Crippen molar-refractivity contribution < 1.29 is 9.32 Å². The van der Waals surface area contributed by atoms with E-state index >= 15 is 0 Å². The van der Waals surface area contributed by atoms with Crippen LogP contribution in [-0.2, 0) is 0 Å². The summed E-state index contributed by atoms with van der Waals surface area (Å²) in [6.45, 7) is 4.59. The molecule has 0 unspecified atom stereocenters. The van der Waals surface area contributed by atoms with Gasteiger partial charge in [-0.3, -0.25) is 4.90 Å². The lowest BCUT2D eigenvalue weighted by molar-refractivity contribution is 0.234. The summed E-state index contributed by atoms with van der Waals surface area (Å²) in [5, 5.41) is 10.6. The summed E-state index contributed by atoms with van der Waals surface area (Å²) in [7, 11) is 1.98. The molecular formula is C17H22ClN5O2. The van der Waals surface area contributed by atoms with Crippen molar-refractivity contribution in [3.63, 3.8) is 0 Å². The minimum absolute atomic E-state index is 0.0158. The normalized spacial score (nSPS) is 20.8. The molecule has 2 N–H and O–H groups in total.